The molecule has 8 heteroatoms. The van der Waals surface area contributed by atoms with Gasteiger partial charge in [-0.25, -0.2) is 9.59 Å². The topological polar surface area (TPSA) is 96.0 Å². The summed E-state index contributed by atoms with van der Waals surface area (Å²) in [6, 6.07) is 21.2. The minimum Gasteiger partial charge on any atom is -0.465 e. The predicted molar refractivity (Wildman–Crippen MR) is 159 cm³/mol. The smallest absolute Gasteiger partial charge is 0.419 e. The highest BCUT2D eigenvalue weighted by atomic mass is 16.4. The molecule has 3 aliphatic heterocycles. The summed E-state index contributed by atoms with van der Waals surface area (Å²) in [5, 5.41) is 10.5. The zero-order chi connectivity index (χ0) is 28.3. The van der Waals surface area contributed by atoms with E-state index in [1.807, 2.05) is 72.8 Å². The highest BCUT2D eigenvalue weighted by Gasteiger charge is 2.40. The van der Waals surface area contributed by atoms with Gasteiger partial charge in [0.05, 0.1) is 17.2 Å². The molecular formula is C33H33N3O5. The number of oxazole rings is 1. The lowest BCUT2D eigenvalue weighted by molar-refractivity contribution is -0.107. The maximum absolute atomic E-state index is 12.8. The summed E-state index contributed by atoms with van der Waals surface area (Å²) in [5.41, 5.74) is 5.45. The molecule has 1 aromatic heterocycles. The molecule has 1 N–H and O–H groups in total. The third-order valence-corrected chi connectivity index (χ3v) is 8.41. The molecule has 7 rings (SSSR count). The average Bonchev–Trinajstić information content (AvgIpc) is 3.30. The normalized spacial score (nSPS) is 20.0. The van der Waals surface area contributed by atoms with Crippen molar-refractivity contribution in [3.8, 4) is 11.1 Å². The number of rotatable bonds is 9. The fourth-order valence-electron chi connectivity index (χ4n) is 6.33. The summed E-state index contributed by atoms with van der Waals surface area (Å²) < 4.78 is 6.99. The van der Waals surface area contributed by atoms with E-state index in [1.165, 1.54) is 0 Å². The quantitative estimate of drug-likeness (QED) is 0.269. The molecule has 2 bridgehead atoms. The Hall–Kier alpha value is -4.43. The third kappa shape index (κ3) is 5.47. The minimum atomic E-state index is -0.926. The van der Waals surface area contributed by atoms with Gasteiger partial charge < -0.3 is 19.2 Å². The minimum absolute atomic E-state index is 0.0787. The van der Waals surface area contributed by atoms with Gasteiger partial charge in [-0.15, -0.1) is 0 Å². The van der Waals surface area contributed by atoms with E-state index >= 15 is 0 Å². The second kappa shape index (κ2) is 11.6. The number of piperidine rings is 3. The van der Waals surface area contributed by atoms with Crippen LogP contribution in [-0.4, -0.2) is 52.6 Å². The molecule has 3 aliphatic rings. The van der Waals surface area contributed by atoms with Crippen LogP contribution >= 0.6 is 0 Å². The zero-order valence-corrected chi connectivity index (χ0v) is 22.8. The van der Waals surface area contributed by atoms with E-state index in [0.29, 0.717) is 35.7 Å². The second-order valence-corrected chi connectivity index (χ2v) is 10.9. The van der Waals surface area contributed by atoms with Gasteiger partial charge in [-0.1, -0.05) is 60.7 Å². The van der Waals surface area contributed by atoms with Crippen molar-refractivity contribution in [2.45, 2.75) is 38.3 Å². The average molecular weight is 552 g/mol. The van der Waals surface area contributed by atoms with E-state index in [1.54, 1.807) is 15.5 Å². The first-order valence-electron chi connectivity index (χ1n) is 14.2. The van der Waals surface area contributed by atoms with Gasteiger partial charge in [0.2, 0.25) is 0 Å². The molecule has 0 radical (unpaired) electrons. The first-order valence-corrected chi connectivity index (χ1v) is 14.2. The summed E-state index contributed by atoms with van der Waals surface area (Å²) in [7, 11) is 0. The van der Waals surface area contributed by atoms with Crippen LogP contribution in [0.25, 0.3) is 28.3 Å². The number of carboxylic acid groups (broad SMARTS) is 1. The number of aromatic nitrogens is 1. The molecule has 3 saturated heterocycles. The van der Waals surface area contributed by atoms with Gasteiger partial charge in [0.1, 0.15) is 6.29 Å². The van der Waals surface area contributed by atoms with Crippen LogP contribution in [0.1, 0.15) is 30.4 Å². The number of carbonyl (C=O) groups is 2. The number of aldehydes is 1. The monoisotopic (exact) mass is 551 g/mol. The Morgan fingerprint density at radius 1 is 1.05 bits per heavy atom. The van der Waals surface area contributed by atoms with Crippen molar-refractivity contribution in [1.82, 2.24) is 9.47 Å². The standard InChI is InChI=1S/C33H33N3O5/c37-19-15-24-10-12-28-31(21-24)41-33(40)35(28)16-5-4-6-23-9-11-27(25-7-2-1-3-8-25)29(20-23)36(32(38)39)30-22-34-17-13-26(30)14-18-34/h1-4,6-12,19-21,26,30H,5,13-18,22H2,(H,38,39)/b6-4+/t30-/m0/s1. The van der Waals surface area contributed by atoms with E-state index in [2.05, 4.69) is 4.90 Å². The van der Waals surface area contributed by atoms with Crippen molar-refractivity contribution < 1.29 is 19.1 Å². The Morgan fingerprint density at radius 2 is 1.85 bits per heavy atom. The lowest BCUT2D eigenvalue weighted by atomic mass is 9.82. The number of allylic oxidation sites excluding steroid dienone is 1. The van der Waals surface area contributed by atoms with Gasteiger partial charge in [0, 0.05) is 25.1 Å². The Labute approximate surface area is 238 Å². The van der Waals surface area contributed by atoms with Gasteiger partial charge in [-0.05, 0) is 73.2 Å². The molecule has 4 aromatic rings. The van der Waals surface area contributed by atoms with Crippen LogP contribution in [0.5, 0.6) is 0 Å². The maximum atomic E-state index is 12.8. The molecule has 0 aliphatic carbocycles. The van der Waals surface area contributed by atoms with E-state index in [4.69, 9.17) is 4.42 Å². The van der Waals surface area contributed by atoms with Crippen LogP contribution in [-0.2, 0) is 17.8 Å². The van der Waals surface area contributed by atoms with Crippen LogP contribution in [0.4, 0.5) is 10.5 Å². The maximum Gasteiger partial charge on any atom is 0.419 e. The number of anilines is 1. The second-order valence-electron chi connectivity index (χ2n) is 10.9. The summed E-state index contributed by atoms with van der Waals surface area (Å²) in [6.07, 6.45) is 6.78. The molecule has 0 spiro atoms. The molecule has 210 valence electrons. The number of amides is 1. The first-order chi connectivity index (χ1) is 20.0. The summed E-state index contributed by atoms with van der Waals surface area (Å²) in [4.78, 5) is 40.1. The summed E-state index contributed by atoms with van der Waals surface area (Å²) in [5.74, 6) is -0.0719. The van der Waals surface area contributed by atoms with Crippen molar-refractivity contribution in [1.29, 1.82) is 0 Å². The van der Waals surface area contributed by atoms with E-state index in [-0.39, 0.29) is 12.5 Å². The number of carbonyl (C=O) groups excluding carboxylic acids is 1. The molecule has 3 fully saturated rings. The number of fused-ring (bicyclic) bond motifs is 4. The number of hydrogen-bond donors (Lipinski definition) is 1. The molecular weight excluding hydrogens is 518 g/mol. The molecule has 4 heterocycles. The number of hydrogen-bond acceptors (Lipinski definition) is 5. The molecule has 41 heavy (non-hydrogen) atoms. The van der Waals surface area contributed by atoms with Gasteiger partial charge in [0.25, 0.3) is 0 Å². The van der Waals surface area contributed by atoms with Crippen molar-refractivity contribution in [3.63, 3.8) is 0 Å². The predicted octanol–water partition coefficient (Wildman–Crippen LogP) is 5.69. The SMILES string of the molecule is O=CCc1ccc2c(c1)oc(=O)n2CC/C=C/c1ccc(-c2ccccc2)c(N(C(=O)O)[C@H]2CN3CCC2CC3)c1. The number of aryl methyl sites for hydroxylation is 1. The van der Waals surface area contributed by atoms with Crippen LogP contribution in [0.3, 0.4) is 0 Å². The van der Waals surface area contributed by atoms with Gasteiger partial charge in [0.15, 0.2) is 5.58 Å². The number of nitrogens with zero attached hydrogens (tertiary/aromatic N) is 3. The van der Waals surface area contributed by atoms with Crippen LogP contribution in [0.2, 0.25) is 0 Å². The fraction of sp³-hybridized carbons (Fsp3) is 0.303. The van der Waals surface area contributed by atoms with Crippen LogP contribution in [0.15, 0.2) is 82.0 Å². The summed E-state index contributed by atoms with van der Waals surface area (Å²) in [6.45, 7) is 3.27. The third-order valence-electron chi connectivity index (χ3n) is 8.41. The van der Waals surface area contributed by atoms with Crippen LogP contribution in [0, 0.1) is 5.92 Å². The van der Waals surface area contributed by atoms with Gasteiger partial charge in [-0.2, -0.15) is 0 Å². The van der Waals surface area contributed by atoms with E-state index in [9.17, 15) is 19.5 Å². The van der Waals surface area contributed by atoms with E-state index < -0.39 is 11.8 Å². The molecule has 8 nitrogen and oxygen atoms in total. The highest BCUT2D eigenvalue weighted by Crippen LogP contribution is 2.39. The molecule has 0 saturated carbocycles. The van der Waals surface area contributed by atoms with Crippen molar-refractivity contribution in [2.24, 2.45) is 5.92 Å². The van der Waals surface area contributed by atoms with Crippen molar-refractivity contribution in [2.75, 3.05) is 24.5 Å². The van der Waals surface area contributed by atoms with Gasteiger partial charge in [-0.3, -0.25) is 9.47 Å². The highest BCUT2D eigenvalue weighted by molar-refractivity contribution is 5.94. The Balaban J connectivity index is 1.27. The lowest BCUT2D eigenvalue weighted by Gasteiger charge is -2.48. The Bertz CT molecular complexity index is 1650. The van der Waals surface area contributed by atoms with Crippen LogP contribution < -0.4 is 10.7 Å². The fourth-order valence-corrected chi connectivity index (χ4v) is 6.33. The van der Waals surface area contributed by atoms with Crippen molar-refractivity contribution in [3.05, 3.63) is 94.5 Å². The number of benzene rings is 3. The van der Waals surface area contributed by atoms with Gasteiger partial charge >= 0.3 is 11.8 Å². The summed E-state index contributed by atoms with van der Waals surface area (Å²) >= 11 is 0. The largest absolute Gasteiger partial charge is 0.465 e. The zero-order valence-electron chi connectivity index (χ0n) is 22.8. The Kier molecular flexibility index (Phi) is 7.57. The molecule has 3 aromatic carbocycles. The molecule has 0 unspecified atom stereocenters. The molecule has 1 amide bonds. The Morgan fingerprint density at radius 3 is 2.56 bits per heavy atom. The van der Waals surface area contributed by atoms with Crippen molar-refractivity contribution >= 4 is 35.2 Å². The lowest BCUT2D eigenvalue weighted by Crippen LogP contribution is -2.59. The molecule has 1 atom stereocenters. The first kappa shape index (κ1) is 26.8. The van der Waals surface area contributed by atoms with E-state index in [0.717, 1.165) is 61.0 Å².